The van der Waals surface area contributed by atoms with E-state index in [1.54, 1.807) is 49.6 Å². The van der Waals surface area contributed by atoms with Gasteiger partial charge in [-0.25, -0.2) is 9.59 Å². The van der Waals surface area contributed by atoms with Crippen molar-refractivity contribution in [2.45, 2.75) is 13.5 Å². The summed E-state index contributed by atoms with van der Waals surface area (Å²) in [5.41, 5.74) is 3.95. The molecule has 6 nitrogen and oxygen atoms in total. The van der Waals surface area contributed by atoms with Gasteiger partial charge >= 0.3 is 12.0 Å². The molecule has 0 aliphatic rings. The first-order chi connectivity index (χ1) is 15.9. The van der Waals surface area contributed by atoms with Gasteiger partial charge in [-0.15, -0.1) is 0 Å². The van der Waals surface area contributed by atoms with Gasteiger partial charge < -0.3 is 15.7 Å². The van der Waals surface area contributed by atoms with E-state index in [0.717, 1.165) is 27.5 Å². The van der Waals surface area contributed by atoms with Crippen molar-refractivity contribution in [1.29, 1.82) is 0 Å². The maximum atomic E-state index is 12.4. The molecule has 4 aromatic rings. The maximum absolute atomic E-state index is 12.4. The number of carboxylic acid groups (broad SMARTS) is 1. The monoisotopic (exact) mass is 479 g/mol. The minimum atomic E-state index is -0.966. The fourth-order valence-corrected chi connectivity index (χ4v) is 4.09. The van der Waals surface area contributed by atoms with Crippen LogP contribution in [-0.4, -0.2) is 22.1 Å². The molecule has 3 aromatic carbocycles. The number of aromatic nitrogens is 1. The summed E-state index contributed by atoms with van der Waals surface area (Å²) in [6, 6.07) is 15.5. The molecular weight excluding hydrogens is 461 g/mol. The van der Waals surface area contributed by atoms with E-state index in [4.69, 9.17) is 23.2 Å². The topological polar surface area (TPSA) is 91.3 Å². The van der Waals surface area contributed by atoms with Gasteiger partial charge in [0.05, 0.1) is 21.3 Å². The fraction of sp³-hybridized carbons (Fsp3) is 0.0800. The minimum Gasteiger partial charge on any atom is -0.478 e. The summed E-state index contributed by atoms with van der Waals surface area (Å²) in [5, 5.41) is 17.4. The highest BCUT2D eigenvalue weighted by molar-refractivity contribution is 6.43. The predicted molar refractivity (Wildman–Crippen MR) is 131 cm³/mol. The molecule has 33 heavy (non-hydrogen) atoms. The Bertz CT molecular complexity index is 1390. The number of rotatable bonds is 5. The number of carbonyl (C=O) groups excluding carboxylic acids is 1. The van der Waals surface area contributed by atoms with Gasteiger partial charge in [0.25, 0.3) is 0 Å². The zero-order valence-corrected chi connectivity index (χ0v) is 19.0. The van der Waals surface area contributed by atoms with E-state index in [9.17, 15) is 14.7 Å². The number of hydrogen-bond donors (Lipinski definition) is 3. The van der Waals surface area contributed by atoms with Crippen molar-refractivity contribution in [1.82, 2.24) is 10.3 Å². The van der Waals surface area contributed by atoms with Crippen molar-refractivity contribution in [2.75, 3.05) is 5.32 Å². The van der Waals surface area contributed by atoms with Crippen LogP contribution < -0.4 is 10.6 Å². The average Bonchev–Trinajstić information content (AvgIpc) is 2.80. The van der Waals surface area contributed by atoms with E-state index in [0.29, 0.717) is 16.3 Å². The second-order valence-corrected chi connectivity index (χ2v) is 8.17. The Labute approximate surface area is 200 Å². The van der Waals surface area contributed by atoms with E-state index in [2.05, 4.69) is 15.6 Å². The van der Waals surface area contributed by atoms with Crippen molar-refractivity contribution in [2.24, 2.45) is 0 Å². The third kappa shape index (κ3) is 4.62. The Kier molecular flexibility index (Phi) is 6.49. The van der Waals surface area contributed by atoms with Crippen molar-refractivity contribution in [3.05, 3.63) is 93.7 Å². The highest BCUT2D eigenvalue weighted by Gasteiger charge is 2.15. The molecule has 0 radical (unpaired) electrons. The Morgan fingerprint density at radius 3 is 2.55 bits per heavy atom. The van der Waals surface area contributed by atoms with E-state index in [-0.39, 0.29) is 17.1 Å². The molecule has 166 valence electrons. The van der Waals surface area contributed by atoms with Crippen LogP contribution in [0.25, 0.3) is 21.9 Å². The summed E-state index contributed by atoms with van der Waals surface area (Å²) in [5.74, 6) is -0.966. The number of pyridine rings is 1. The van der Waals surface area contributed by atoms with Gasteiger partial charge in [0.15, 0.2) is 0 Å². The number of carboxylic acids is 1. The molecule has 0 aliphatic carbocycles. The molecule has 3 N–H and O–H groups in total. The molecule has 0 unspecified atom stereocenters. The van der Waals surface area contributed by atoms with Crippen LogP contribution in [0.2, 0.25) is 10.0 Å². The van der Waals surface area contributed by atoms with Crippen molar-refractivity contribution < 1.29 is 14.7 Å². The lowest BCUT2D eigenvalue weighted by molar-refractivity contribution is 0.0696. The van der Waals surface area contributed by atoms with E-state index < -0.39 is 12.0 Å². The van der Waals surface area contributed by atoms with Crippen LogP contribution in [-0.2, 0) is 6.54 Å². The lowest BCUT2D eigenvalue weighted by atomic mass is 9.91. The maximum Gasteiger partial charge on any atom is 0.335 e. The molecule has 1 heterocycles. The number of nitrogens with zero attached hydrogens (tertiary/aromatic N) is 1. The first kappa shape index (κ1) is 22.6. The van der Waals surface area contributed by atoms with Gasteiger partial charge in [-0.1, -0.05) is 53.5 Å². The molecule has 0 atom stereocenters. The van der Waals surface area contributed by atoms with Crippen LogP contribution in [0.3, 0.4) is 0 Å². The number of benzene rings is 3. The summed E-state index contributed by atoms with van der Waals surface area (Å²) >= 11 is 12.1. The molecule has 0 saturated heterocycles. The molecule has 0 bridgehead atoms. The number of anilines is 1. The summed E-state index contributed by atoms with van der Waals surface area (Å²) < 4.78 is 0. The average molecular weight is 480 g/mol. The lowest BCUT2D eigenvalue weighted by Crippen LogP contribution is -2.28. The highest BCUT2D eigenvalue weighted by atomic mass is 35.5. The fourth-order valence-electron chi connectivity index (χ4n) is 3.74. The summed E-state index contributed by atoms with van der Waals surface area (Å²) in [6.07, 6.45) is 3.42. The van der Waals surface area contributed by atoms with Gasteiger partial charge in [-0.05, 0) is 58.8 Å². The molecule has 0 aliphatic heterocycles. The number of urea groups is 1. The first-order valence-corrected chi connectivity index (χ1v) is 10.8. The third-order valence-corrected chi connectivity index (χ3v) is 6.22. The smallest absolute Gasteiger partial charge is 0.335 e. The molecule has 0 spiro atoms. The summed E-state index contributed by atoms with van der Waals surface area (Å²) in [4.78, 5) is 28.2. The van der Waals surface area contributed by atoms with Crippen LogP contribution >= 0.6 is 23.2 Å². The normalized spacial score (nSPS) is 10.8. The van der Waals surface area contributed by atoms with Crippen molar-refractivity contribution in [3.8, 4) is 11.1 Å². The second-order valence-electron chi connectivity index (χ2n) is 7.39. The zero-order valence-electron chi connectivity index (χ0n) is 17.5. The number of fused-ring (bicyclic) bond motifs is 1. The molecule has 0 saturated carbocycles. The lowest BCUT2D eigenvalue weighted by Gasteiger charge is -2.15. The van der Waals surface area contributed by atoms with Gasteiger partial charge in [0.1, 0.15) is 0 Å². The number of carbonyl (C=O) groups is 2. The first-order valence-electron chi connectivity index (χ1n) is 10.0. The van der Waals surface area contributed by atoms with Gasteiger partial charge in [0.2, 0.25) is 0 Å². The van der Waals surface area contributed by atoms with E-state index >= 15 is 0 Å². The SMILES string of the molecule is Cc1c(C(=O)O)cccc1-c1ccc(CNC(=O)Nc2cccc(Cl)c2Cl)c2cnccc12. The summed E-state index contributed by atoms with van der Waals surface area (Å²) in [6.45, 7) is 2.05. The predicted octanol–water partition coefficient (Wildman–Crippen LogP) is 6.54. The standard InChI is InChI=1S/C25H19Cl2N3O3/c1-14-16(4-2-5-17(14)24(31)32)18-9-8-15(20-13-28-11-10-19(18)20)12-29-25(33)30-22-7-3-6-21(26)23(22)27/h2-11,13H,12H2,1H3,(H,31,32)(H2,29,30,33). The van der Waals surface area contributed by atoms with E-state index in [1.165, 1.54) is 0 Å². The largest absolute Gasteiger partial charge is 0.478 e. The van der Waals surface area contributed by atoms with Gasteiger partial charge in [-0.3, -0.25) is 4.98 Å². The van der Waals surface area contributed by atoms with Crippen molar-refractivity contribution in [3.63, 3.8) is 0 Å². The molecule has 0 fully saturated rings. The molecular formula is C25H19Cl2N3O3. The van der Waals surface area contributed by atoms with E-state index in [1.807, 2.05) is 24.3 Å². The van der Waals surface area contributed by atoms with Crippen LogP contribution in [0.15, 0.2) is 67.0 Å². The molecule has 2 amide bonds. The molecule has 1 aromatic heterocycles. The summed E-state index contributed by atoms with van der Waals surface area (Å²) in [7, 11) is 0. The number of aromatic carboxylic acids is 1. The Morgan fingerprint density at radius 1 is 0.970 bits per heavy atom. The van der Waals surface area contributed by atoms with Crippen LogP contribution in [0.4, 0.5) is 10.5 Å². The number of amides is 2. The highest BCUT2D eigenvalue weighted by Crippen LogP contribution is 2.34. The van der Waals surface area contributed by atoms with Gasteiger partial charge in [-0.2, -0.15) is 0 Å². The number of halogens is 2. The zero-order chi connectivity index (χ0) is 23.5. The van der Waals surface area contributed by atoms with Crippen LogP contribution in [0, 0.1) is 6.92 Å². The molecule has 8 heteroatoms. The van der Waals surface area contributed by atoms with Gasteiger partial charge in [0, 0.05) is 24.3 Å². The third-order valence-electron chi connectivity index (χ3n) is 5.40. The Morgan fingerprint density at radius 2 is 1.76 bits per heavy atom. The Balaban J connectivity index is 1.62. The van der Waals surface area contributed by atoms with Crippen LogP contribution in [0.1, 0.15) is 21.5 Å². The number of hydrogen-bond acceptors (Lipinski definition) is 3. The second kappa shape index (κ2) is 9.48. The minimum absolute atomic E-state index is 0.251. The Hall–Kier alpha value is -3.61. The van der Waals surface area contributed by atoms with Crippen molar-refractivity contribution >= 4 is 51.7 Å². The van der Waals surface area contributed by atoms with Crippen LogP contribution in [0.5, 0.6) is 0 Å². The number of nitrogens with one attached hydrogen (secondary N) is 2. The molecule has 4 rings (SSSR count). The quantitative estimate of drug-likeness (QED) is 0.303.